The lowest BCUT2D eigenvalue weighted by Gasteiger charge is -2.23. The Labute approximate surface area is 237 Å². The molecule has 3 heterocycles. The predicted octanol–water partition coefficient (Wildman–Crippen LogP) is 7.27. The molecule has 2 aromatic carbocycles. The molecule has 2 aromatic heterocycles. The number of hydrogen-bond donors (Lipinski definition) is 1. The van der Waals surface area contributed by atoms with Crippen molar-refractivity contribution in [2.75, 3.05) is 16.8 Å². The third-order valence-electron chi connectivity index (χ3n) is 7.25. The van der Waals surface area contributed by atoms with E-state index in [-0.39, 0.29) is 17.4 Å². The highest BCUT2D eigenvalue weighted by Gasteiger charge is 2.37. The zero-order valence-electron chi connectivity index (χ0n) is 21.7. The van der Waals surface area contributed by atoms with Crippen LogP contribution in [0.2, 0.25) is 0 Å². The van der Waals surface area contributed by atoms with Gasteiger partial charge >= 0.3 is 6.18 Å². The van der Waals surface area contributed by atoms with E-state index in [1.54, 1.807) is 4.90 Å². The summed E-state index contributed by atoms with van der Waals surface area (Å²) in [5.74, 6) is -0.507. The molecule has 1 fully saturated rings. The van der Waals surface area contributed by atoms with E-state index in [2.05, 4.69) is 10.3 Å². The van der Waals surface area contributed by atoms with Gasteiger partial charge in [0, 0.05) is 40.9 Å². The first-order chi connectivity index (χ1) is 19.7. The van der Waals surface area contributed by atoms with E-state index in [1.807, 2.05) is 30.3 Å². The summed E-state index contributed by atoms with van der Waals surface area (Å²) in [5, 5.41) is 2.45. The number of ketones is 1. The van der Waals surface area contributed by atoms with Gasteiger partial charge in [-0.05, 0) is 79.3 Å². The molecule has 4 aromatic rings. The van der Waals surface area contributed by atoms with Gasteiger partial charge in [0.05, 0.1) is 16.1 Å². The van der Waals surface area contributed by atoms with Gasteiger partial charge in [-0.3, -0.25) is 19.4 Å². The third-order valence-corrected chi connectivity index (χ3v) is 8.51. The molecule has 1 aliphatic heterocycles. The molecule has 1 saturated carbocycles. The first-order valence-electron chi connectivity index (χ1n) is 13.2. The first kappa shape index (κ1) is 26.9. The number of para-hydroxylation sites is 1. The highest BCUT2D eigenvalue weighted by molar-refractivity contribution is 7.17. The van der Waals surface area contributed by atoms with E-state index >= 15 is 0 Å². The van der Waals surface area contributed by atoms with Crippen LogP contribution >= 0.6 is 11.3 Å². The van der Waals surface area contributed by atoms with Gasteiger partial charge in [-0.2, -0.15) is 13.2 Å². The fraction of sp³-hybridized carbons (Fsp3) is 0.226. The molecule has 41 heavy (non-hydrogen) atoms. The van der Waals surface area contributed by atoms with Crippen LogP contribution < -0.4 is 10.2 Å². The number of carbonyl (C=O) groups excluding carboxylic acids is 3. The Balaban J connectivity index is 1.21. The fourth-order valence-corrected chi connectivity index (χ4v) is 6.19. The Kier molecular flexibility index (Phi) is 6.94. The number of alkyl halides is 3. The van der Waals surface area contributed by atoms with Crippen LogP contribution in [0.4, 0.5) is 24.5 Å². The number of carbonyl (C=O) groups is 3. The van der Waals surface area contributed by atoms with Gasteiger partial charge in [0.2, 0.25) is 0 Å². The number of fused-ring (bicyclic) bond motifs is 3. The van der Waals surface area contributed by atoms with Gasteiger partial charge in [-0.25, -0.2) is 0 Å². The van der Waals surface area contributed by atoms with Crippen LogP contribution in [-0.2, 0) is 12.6 Å². The topological polar surface area (TPSA) is 79.4 Å². The number of benzene rings is 2. The van der Waals surface area contributed by atoms with E-state index < -0.39 is 23.3 Å². The van der Waals surface area contributed by atoms with Crippen molar-refractivity contribution in [2.45, 2.75) is 31.9 Å². The smallest absolute Gasteiger partial charge is 0.322 e. The van der Waals surface area contributed by atoms with Crippen LogP contribution in [0.5, 0.6) is 0 Å². The maximum atomic E-state index is 13.7. The molecule has 1 aliphatic carbocycles. The number of Topliss-reactive ketones (excluding diaryl/α,β-unsaturated/α-hetero) is 1. The molecule has 0 spiro atoms. The normalized spacial score (nSPS) is 14.6. The number of pyridine rings is 1. The van der Waals surface area contributed by atoms with E-state index in [0.29, 0.717) is 30.9 Å². The summed E-state index contributed by atoms with van der Waals surface area (Å²) in [6.45, 7) is 0.412. The number of rotatable bonds is 6. The van der Waals surface area contributed by atoms with Crippen LogP contribution in [0.15, 0.2) is 72.9 Å². The molecule has 0 radical (unpaired) electrons. The number of aromatic nitrogens is 1. The van der Waals surface area contributed by atoms with Gasteiger partial charge in [-0.1, -0.05) is 18.2 Å². The minimum absolute atomic E-state index is 0.182. The monoisotopic (exact) mass is 575 g/mol. The van der Waals surface area contributed by atoms with Crippen molar-refractivity contribution in [3.63, 3.8) is 0 Å². The van der Waals surface area contributed by atoms with Crippen LogP contribution in [-0.4, -0.2) is 29.1 Å². The zero-order valence-corrected chi connectivity index (χ0v) is 22.5. The average molecular weight is 576 g/mol. The number of anilines is 2. The molecule has 0 saturated heterocycles. The highest BCUT2D eigenvalue weighted by Crippen LogP contribution is 2.43. The van der Waals surface area contributed by atoms with E-state index in [0.717, 1.165) is 51.7 Å². The van der Waals surface area contributed by atoms with E-state index in [4.69, 9.17) is 0 Å². The Morgan fingerprint density at radius 3 is 2.49 bits per heavy atom. The molecule has 6 nitrogen and oxygen atoms in total. The van der Waals surface area contributed by atoms with Crippen molar-refractivity contribution in [2.24, 2.45) is 5.92 Å². The number of halogens is 3. The first-order valence-corrected chi connectivity index (χ1v) is 14.0. The van der Waals surface area contributed by atoms with Crippen LogP contribution in [0.25, 0.3) is 10.4 Å². The minimum atomic E-state index is -4.77. The summed E-state index contributed by atoms with van der Waals surface area (Å²) in [4.78, 5) is 45.8. The van der Waals surface area contributed by atoms with Crippen molar-refractivity contribution in [1.82, 2.24) is 4.98 Å². The number of thiophene rings is 1. The highest BCUT2D eigenvalue weighted by atomic mass is 32.1. The molecule has 10 heteroatoms. The summed E-state index contributed by atoms with van der Waals surface area (Å²) >= 11 is 1.48. The second-order valence-electron chi connectivity index (χ2n) is 10.2. The van der Waals surface area contributed by atoms with Crippen LogP contribution in [0.3, 0.4) is 0 Å². The van der Waals surface area contributed by atoms with E-state index in [9.17, 15) is 27.6 Å². The Hall–Kier alpha value is -4.31. The molecule has 6 rings (SSSR count). The number of hydrogen-bond acceptors (Lipinski definition) is 5. The summed E-state index contributed by atoms with van der Waals surface area (Å²) in [7, 11) is 0. The van der Waals surface area contributed by atoms with Gasteiger partial charge < -0.3 is 10.2 Å². The molecule has 2 aliphatic rings. The van der Waals surface area contributed by atoms with Crippen molar-refractivity contribution >= 4 is 40.3 Å². The fourth-order valence-electron chi connectivity index (χ4n) is 4.99. The molecule has 1 N–H and O–H groups in total. The van der Waals surface area contributed by atoms with E-state index in [1.165, 1.54) is 41.7 Å². The van der Waals surface area contributed by atoms with Gasteiger partial charge in [-0.15, -0.1) is 11.3 Å². The second-order valence-corrected chi connectivity index (χ2v) is 11.2. The lowest BCUT2D eigenvalue weighted by molar-refractivity contribution is -0.141. The third kappa shape index (κ3) is 5.52. The Morgan fingerprint density at radius 1 is 1.00 bits per heavy atom. The Morgan fingerprint density at radius 2 is 1.76 bits per heavy atom. The van der Waals surface area contributed by atoms with Gasteiger partial charge in [0.15, 0.2) is 11.5 Å². The van der Waals surface area contributed by atoms with Crippen molar-refractivity contribution < 1.29 is 27.6 Å². The molecule has 0 unspecified atom stereocenters. The number of nitrogens with one attached hydrogen (secondary N) is 1. The summed E-state index contributed by atoms with van der Waals surface area (Å²) in [6.07, 6.45) is -0.378. The maximum absolute atomic E-state index is 13.7. The zero-order chi connectivity index (χ0) is 28.7. The molecule has 0 atom stereocenters. The molecular formula is C31H24F3N3O3S. The minimum Gasteiger partial charge on any atom is -0.322 e. The predicted molar refractivity (Wildman–Crippen MR) is 150 cm³/mol. The largest absolute Gasteiger partial charge is 0.434 e. The van der Waals surface area contributed by atoms with Gasteiger partial charge in [0.1, 0.15) is 0 Å². The lowest BCUT2D eigenvalue weighted by atomic mass is 10.1. The number of amides is 2. The summed E-state index contributed by atoms with van der Waals surface area (Å²) < 4.78 is 39.8. The average Bonchev–Trinajstić information content (AvgIpc) is 3.71. The van der Waals surface area contributed by atoms with Crippen LogP contribution in [0.1, 0.15) is 60.9 Å². The standard InChI is InChI=1S/C31H24F3N3O3S/c32-31(33,34)28-23(5-3-14-35-28)29(39)36-21-11-9-19(10-12-21)30(40)37-15-13-20-17-26(25(38)16-18-7-8-18)41-27(20)22-4-1-2-6-24(22)37/h1-6,9-12,14,17-18H,7-8,13,15-16H2,(H,36,39). The molecular weight excluding hydrogens is 551 g/mol. The summed E-state index contributed by atoms with van der Waals surface area (Å²) in [6, 6.07) is 17.9. The quantitative estimate of drug-likeness (QED) is 0.245. The maximum Gasteiger partial charge on any atom is 0.434 e. The van der Waals surface area contributed by atoms with Crippen molar-refractivity contribution in [1.29, 1.82) is 0 Å². The number of nitrogens with zero attached hydrogens (tertiary/aromatic N) is 2. The second kappa shape index (κ2) is 10.6. The van der Waals surface area contributed by atoms with Crippen molar-refractivity contribution in [3.05, 3.63) is 100 Å². The molecule has 2 amide bonds. The Bertz CT molecular complexity index is 1660. The lowest BCUT2D eigenvalue weighted by Crippen LogP contribution is -2.32. The van der Waals surface area contributed by atoms with Crippen molar-refractivity contribution in [3.8, 4) is 10.4 Å². The van der Waals surface area contributed by atoms with Gasteiger partial charge in [0.25, 0.3) is 11.8 Å². The summed E-state index contributed by atoms with van der Waals surface area (Å²) in [5.41, 5.74) is 1.43. The molecule has 208 valence electrons. The molecule has 0 bridgehead atoms. The van der Waals surface area contributed by atoms with Crippen LogP contribution in [0, 0.1) is 5.92 Å². The SMILES string of the molecule is O=C(CC1CC1)c1cc2c(s1)-c1ccccc1N(C(=O)c1ccc(NC(=O)c3cccnc3C(F)(F)F)cc1)CC2.